The van der Waals surface area contributed by atoms with Crippen LogP contribution >= 0.6 is 0 Å². The molecule has 0 aromatic rings. The Bertz CT molecular complexity index is 446. The van der Waals surface area contributed by atoms with Gasteiger partial charge in [-0.15, -0.1) is 0 Å². The second-order valence-electron chi connectivity index (χ2n) is 6.85. The Morgan fingerprint density at radius 1 is 1.23 bits per heavy atom. The number of nitrogens with two attached hydrogens (primary N) is 1. The van der Waals surface area contributed by atoms with Crippen LogP contribution in [0.15, 0.2) is 16.9 Å². The van der Waals surface area contributed by atoms with E-state index in [1.54, 1.807) is 0 Å². The predicted molar refractivity (Wildman–Crippen MR) is 90.3 cm³/mol. The summed E-state index contributed by atoms with van der Waals surface area (Å²) in [6.45, 7) is 4.25. The van der Waals surface area contributed by atoms with Crippen molar-refractivity contribution in [1.82, 2.24) is 20.4 Å². The van der Waals surface area contributed by atoms with Gasteiger partial charge in [0, 0.05) is 32.1 Å². The largest absolute Gasteiger partial charge is 0.370 e. The lowest BCUT2D eigenvalue weighted by Gasteiger charge is -2.43. The third-order valence-corrected chi connectivity index (χ3v) is 5.39. The molecule has 0 radical (unpaired) electrons. The highest BCUT2D eigenvalue weighted by Gasteiger charge is 2.39. The third kappa shape index (κ3) is 3.08. The number of aliphatic imine (C=N–C) groups is 1. The molecule has 2 aliphatic heterocycles. The second kappa shape index (κ2) is 6.46. The van der Waals surface area contributed by atoms with Crippen LogP contribution in [0.5, 0.6) is 0 Å². The van der Waals surface area contributed by atoms with E-state index in [0.717, 1.165) is 32.0 Å². The monoisotopic (exact) mass is 306 g/mol. The maximum Gasteiger partial charge on any atom is 0.196 e. The molecule has 0 aromatic heterocycles. The van der Waals surface area contributed by atoms with Gasteiger partial charge in [-0.05, 0) is 33.0 Å². The van der Waals surface area contributed by atoms with E-state index in [2.05, 4.69) is 33.6 Å². The van der Waals surface area contributed by atoms with Gasteiger partial charge < -0.3 is 20.9 Å². The topological polar surface area (TPSA) is 68.9 Å². The molecule has 1 unspecified atom stereocenters. The van der Waals surface area contributed by atoms with Crippen LogP contribution in [0, 0.1) is 5.92 Å². The standard InChI is InChI=1S/C16H30N6/c1-18-16(13-6-4-3-5-7-13)12-14(19-15(17)20-16)22-10-8-21(2)9-11-22/h12-13,18H,3-11H2,1-2H3,(H3,17,19,20). The maximum absolute atomic E-state index is 6.14. The van der Waals surface area contributed by atoms with Crippen LogP contribution in [-0.4, -0.2) is 61.7 Å². The van der Waals surface area contributed by atoms with Gasteiger partial charge in [0.1, 0.15) is 11.5 Å². The molecular weight excluding hydrogens is 276 g/mol. The summed E-state index contributed by atoms with van der Waals surface area (Å²) in [6, 6.07) is 0. The first kappa shape index (κ1) is 15.6. The molecule has 22 heavy (non-hydrogen) atoms. The zero-order chi connectivity index (χ0) is 15.6. The Balaban J connectivity index is 1.83. The Morgan fingerprint density at radius 3 is 2.55 bits per heavy atom. The first-order chi connectivity index (χ1) is 10.6. The van der Waals surface area contributed by atoms with Crippen LogP contribution in [0.1, 0.15) is 32.1 Å². The van der Waals surface area contributed by atoms with Crippen molar-refractivity contribution in [2.45, 2.75) is 37.8 Å². The van der Waals surface area contributed by atoms with Crippen LogP contribution in [0.3, 0.4) is 0 Å². The van der Waals surface area contributed by atoms with Crippen molar-refractivity contribution in [2.24, 2.45) is 16.6 Å². The minimum atomic E-state index is -0.339. The van der Waals surface area contributed by atoms with Gasteiger partial charge in [0.2, 0.25) is 0 Å². The van der Waals surface area contributed by atoms with Gasteiger partial charge in [-0.25, -0.2) is 4.99 Å². The van der Waals surface area contributed by atoms with Gasteiger partial charge >= 0.3 is 0 Å². The molecule has 1 aliphatic carbocycles. The van der Waals surface area contributed by atoms with Crippen LogP contribution in [0.4, 0.5) is 0 Å². The fourth-order valence-electron chi connectivity index (χ4n) is 3.94. The van der Waals surface area contributed by atoms with Gasteiger partial charge in [-0.1, -0.05) is 19.3 Å². The highest BCUT2D eigenvalue weighted by Crippen LogP contribution is 2.36. The van der Waals surface area contributed by atoms with Crippen LogP contribution in [-0.2, 0) is 0 Å². The van der Waals surface area contributed by atoms with E-state index in [1.807, 2.05) is 7.05 Å². The van der Waals surface area contributed by atoms with Gasteiger partial charge in [-0.3, -0.25) is 5.32 Å². The SMILES string of the molecule is CNC1(C2CCCCC2)C=C(N2CCN(C)CC2)NC(N)=N1. The molecule has 124 valence electrons. The van der Waals surface area contributed by atoms with E-state index >= 15 is 0 Å². The fraction of sp³-hybridized carbons (Fsp3) is 0.812. The summed E-state index contributed by atoms with van der Waals surface area (Å²) < 4.78 is 0. The molecule has 1 saturated carbocycles. The number of likely N-dealkylation sites (N-methyl/N-ethyl adjacent to an activating group) is 2. The molecule has 0 bridgehead atoms. The average molecular weight is 306 g/mol. The van der Waals surface area contributed by atoms with Crippen molar-refractivity contribution in [3.8, 4) is 0 Å². The van der Waals surface area contributed by atoms with Crippen molar-refractivity contribution in [3.63, 3.8) is 0 Å². The van der Waals surface area contributed by atoms with Crippen LogP contribution in [0.2, 0.25) is 0 Å². The molecule has 1 atom stereocenters. The number of hydrogen-bond acceptors (Lipinski definition) is 6. The maximum atomic E-state index is 6.14. The molecule has 1 saturated heterocycles. The molecule has 0 aromatic carbocycles. The minimum Gasteiger partial charge on any atom is -0.370 e. The molecular formula is C16H30N6. The van der Waals surface area contributed by atoms with Crippen molar-refractivity contribution < 1.29 is 0 Å². The summed E-state index contributed by atoms with van der Waals surface area (Å²) in [5, 5.41) is 6.76. The molecule has 2 heterocycles. The van der Waals surface area contributed by atoms with Crippen molar-refractivity contribution >= 4 is 5.96 Å². The number of rotatable bonds is 3. The molecule has 3 rings (SSSR count). The first-order valence-electron chi connectivity index (χ1n) is 8.60. The molecule has 0 amide bonds. The smallest absolute Gasteiger partial charge is 0.196 e. The zero-order valence-corrected chi connectivity index (χ0v) is 13.9. The van der Waals surface area contributed by atoms with E-state index < -0.39 is 0 Å². The zero-order valence-electron chi connectivity index (χ0n) is 13.9. The number of guanidine groups is 1. The summed E-state index contributed by atoms with van der Waals surface area (Å²) in [4.78, 5) is 9.54. The van der Waals surface area contributed by atoms with Crippen molar-refractivity contribution in [2.75, 3.05) is 40.3 Å². The third-order valence-electron chi connectivity index (χ3n) is 5.39. The molecule has 0 spiro atoms. The predicted octanol–water partition coefficient (Wildman–Crippen LogP) is 0.489. The molecule has 4 N–H and O–H groups in total. The van der Waals surface area contributed by atoms with Crippen molar-refractivity contribution in [1.29, 1.82) is 0 Å². The summed E-state index contributed by atoms with van der Waals surface area (Å²) in [6.07, 6.45) is 8.69. The van der Waals surface area contributed by atoms with Gasteiger partial charge in [0.15, 0.2) is 5.96 Å². The van der Waals surface area contributed by atoms with Gasteiger partial charge in [-0.2, -0.15) is 0 Å². The second-order valence-corrected chi connectivity index (χ2v) is 6.85. The molecule has 2 fully saturated rings. The van der Waals surface area contributed by atoms with E-state index in [4.69, 9.17) is 10.7 Å². The lowest BCUT2D eigenvalue weighted by atomic mass is 9.79. The summed E-state index contributed by atoms with van der Waals surface area (Å²) >= 11 is 0. The van der Waals surface area contributed by atoms with Gasteiger partial charge in [0.05, 0.1) is 0 Å². The average Bonchev–Trinajstić information content (AvgIpc) is 2.55. The van der Waals surface area contributed by atoms with E-state index in [1.165, 1.54) is 32.1 Å². The lowest BCUT2D eigenvalue weighted by Crippen LogP contribution is -2.56. The number of nitrogens with zero attached hydrogens (tertiary/aromatic N) is 3. The van der Waals surface area contributed by atoms with Crippen molar-refractivity contribution in [3.05, 3.63) is 11.9 Å². The molecule has 3 aliphatic rings. The Kier molecular flexibility index (Phi) is 4.59. The van der Waals surface area contributed by atoms with E-state index in [9.17, 15) is 0 Å². The summed E-state index contributed by atoms with van der Waals surface area (Å²) in [5.41, 5.74) is 5.80. The quantitative estimate of drug-likeness (QED) is 0.708. The fourth-order valence-corrected chi connectivity index (χ4v) is 3.94. The highest BCUT2D eigenvalue weighted by molar-refractivity contribution is 5.81. The van der Waals surface area contributed by atoms with Crippen LogP contribution < -0.4 is 16.4 Å². The number of piperazine rings is 1. The number of hydrogen-bond donors (Lipinski definition) is 3. The van der Waals surface area contributed by atoms with Gasteiger partial charge in [0.25, 0.3) is 0 Å². The lowest BCUT2D eigenvalue weighted by molar-refractivity contribution is 0.170. The van der Waals surface area contributed by atoms with Crippen LogP contribution in [0.25, 0.3) is 0 Å². The Labute approximate surface area is 133 Å². The first-order valence-corrected chi connectivity index (χ1v) is 8.60. The van der Waals surface area contributed by atoms with E-state index in [-0.39, 0.29) is 5.66 Å². The molecule has 6 heteroatoms. The normalized spacial score (nSPS) is 31.5. The van der Waals surface area contributed by atoms with E-state index in [0.29, 0.717) is 11.9 Å². The number of nitrogens with one attached hydrogen (secondary N) is 2. The Morgan fingerprint density at radius 2 is 1.91 bits per heavy atom. The summed E-state index contributed by atoms with van der Waals surface area (Å²) in [5.74, 6) is 2.20. The minimum absolute atomic E-state index is 0.339. The highest BCUT2D eigenvalue weighted by atomic mass is 15.4. The molecule has 6 nitrogen and oxygen atoms in total. The Hall–Kier alpha value is -1.27. The summed E-state index contributed by atoms with van der Waals surface area (Å²) in [7, 11) is 4.19.